The van der Waals surface area contributed by atoms with Gasteiger partial charge in [-0.1, -0.05) is 19.3 Å². The number of aryl methyl sites for hydroxylation is 2. The van der Waals surface area contributed by atoms with E-state index in [1.54, 1.807) is 18.6 Å². The monoisotopic (exact) mass is 371 g/mol. The maximum Gasteiger partial charge on any atom is 0.303 e. The number of aromatic nitrogens is 4. The fourth-order valence-corrected chi connectivity index (χ4v) is 3.04. The second-order valence-corrected chi connectivity index (χ2v) is 6.71. The highest BCUT2D eigenvalue weighted by atomic mass is 16.4. The van der Waals surface area contributed by atoms with Gasteiger partial charge in [0.05, 0.1) is 6.42 Å². The summed E-state index contributed by atoms with van der Waals surface area (Å²) in [6.45, 7) is 4.66. The lowest BCUT2D eigenvalue weighted by molar-refractivity contribution is -0.137. The predicted octanol–water partition coefficient (Wildman–Crippen LogP) is 3.76. The zero-order valence-electron chi connectivity index (χ0n) is 16.2. The highest BCUT2D eigenvalue weighted by molar-refractivity contribution is 5.68. The molecule has 0 radical (unpaired) electrons. The molecular weight excluding hydrogens is 342 g/mol. The lowest BCUT2D eigenvalue weighted by Gasteiger charge is -2.14. The Labute approximate surface area is 160 Å². The van der Waals surface area contributed by atoms with Crippen molar-refractivity contribution >= 4 is 11.9 Å². The number of aliphatic carboxylic acids is 1. The van der Waals surface area contributed by atoms with Crippen molar-refractivity contribution in [3.05, 3.63) is 41.7 Å². The summed E-state index contributed by atoms with van der Waals surface area (Å²) in [6, 6.07) is 1.96. The number of nitrogens with zero attached hydrogens (tertiary/aromatic N) is 4. The van der Waals surface area contributed by atoms with Gasteiger partial charge in [0.15, 0.2) is 0 Å². The Morgan fingerprint density at radius 2 is 1.89 bits per heavy atom. The molecule has 2 heterocycles. The second kappa shape index (κ2) is 11.2. The first-order valence-electron chi connectivity index (χ1n) is 9.64. The van der Waals surface area contributed by atoms with Gasteiger partial charge in [-0.2, -0.15) is 0 Å². The fourth-order valence-electron chi connectivity index (χ4n) is 3.04. The van der Waals surface area contributed by atoms with Gasteiger partial charge in [-0.3, -0.25) is 4.79 Å². The molecule has 0 amide bonds. The first kappa shape index (κ1) is 20.7. The molecule has 27 heavy (non-hydrogen) atoms. The molecule has 1 unspecified atom stereocenters. The van der Waals surface area contributed by atoms with Crippen LogP contribution in [0.3, 0.4) is 0 Å². The number of anilines is 1. The molecule has 0 fully saturated rings. The van der Waals surface area contributed by atoms with Gasteiger partial charge in [-0.25, -0.2) is 19.9 Å². The third-order valence-corrected chi connectivity index (χ3v) is 4.48. The number of nitrogens with one attached hydrogen (secondary N) is 1. The SMILES string of the molecule is CCNc1nccc(CCCCCCC(CC(=O)O)c2cnc(C)nc2)n1. The number of carboxylic acid groups (broad SMARTS) is 1. The first-order valence-corrected chi connectivity index (χ1v) is 9.64. The van der Waals surface area contributed by atoms with Crippen LogP contribution >= 0.6 is 0 Å². The Kier molecular flexibility index (Phi) is 8.61. The minimum absolute atomic E-state index is 0.0207. The lowest BCUT2D eigenvalue weighted by atomic mass is 9.92. The van der Waals surface area contributed by atoms with Crippen LogP contribution in [-0.4, -0.2) is 37.6 Å². The van der Waals surface area contributed by atoms with E-state index in [0.717, 1.165) is 56.3 Å². The molecule has 2 aromatic heterocycles. The van der Waals surface area contributed by atoms with Gasteiger partial charge >= 0.3 is 5.97 Å². The quantitative estimate of drug-likeness (QED) is 0.548. The van der Waals surface area contributed by atoms with Gasteiger partial charge in [0.1, 0.15) is 5.82 Å². The van der Waals surface area contributed by atoms with Gasteiger partial charge in [-0.05, 0) is 50.7 Å². The minimum atomic E-state index is -0.777. The van der Waals surface area contributed by atoms with Crippen molar-refractivity contribution in [3.8, 4) is 0 Å². The summed E-state index contributed by atoms with van der Waals surface area (Å²) in [4.78, 5) is 28.2. The average Bonchev–Trinajstić information content (AvgIpc) is 2.64. The molecule has 7 nitrogen and oxygen atoms in total. The Bertz CT molecular complexity index is 706. The molecule has 0 saturated heterocycles. The van der Waals surface area contributed by atoms with Crippen LogP contribution in [0.15, 0.2) is 24.7 Å². The predicted molar refractivity (Wildman–Crippen MR) is 105 cm³/mol. The molecule has 1 atom stereocenters. The van der Waals surface area contributed by atoms with E-state index in [0.29, 0.717) is 11.8 Å². The van der Waals surface area contributed by atoms with Crippen LogP contribution in [0.2, 0.25) is 0 Å². The largest absolute Gasteiger partial charge is 0.481 e. The molecule has 0 aliphatic carbocycles. The van der Waals surface area contributed by atoms with Crippen LogP contribution in [0.25, 0.3) is 0 Å². The van der Waals surface area contributed by atoms with Crippen LogP contribution in [0.1, 0.15) is 68.4 Å². The standard InChI is InChI=1S/C20H29N5O2/c1-3-21-20-22-11-10-18(25-20)9-7-5-4-6-8-16(12-19(26)27)17-13-23-15(2)24-14-17/h10-11,13-14,16H,3-9,12H2,1-2H3,(H,26,27)(H,21,22,25). The zero-order valence-corrected chi connectivity index (χ0v) is 16.2. The summed E-state index contributed by atoms with van der Waals surface area (Å²) >= 11 is 0. The molecule has 0 saturated carbocycles. The van der Waals surface area contributed by atoms with E-state index in [4.69, 9.17) is 5.11 Å². The van der Waals surface area contributed by atoms with E-state index < -0.39 is 5.97 Å². The van der Waals surface area contributed by atoms with Crippen molar-refractivity contribution in [1.29, 1.82) is 0 Å². The lowest BCUT2D eigenvalue weighted by Crippen LogP contribution is -2.08. The molecule has 7 heteroatoms. The smallest absolute Gasteiger partial charge is 0.303 e. The van der Waals surface area contributed by atoms with Crippen LogP contribution in [0, 0.1) is 6.92 Å². The third-order valence-electron chi connectivity index (χ3n) is 4.48. The van der Waals surface area contributed by atoms with Gasteiger partial charge in [0.2, 0.25) is 5.95 Å². The Hall–Kier alpha value is -2.57. The summed E-state index contributed by atoms with van der Waals surface area (Å²) in [7, 11) is 0. The Balaban J connectivity index is 1.72. The maximum atomic E-state index is 11.2. The number of carbonyl (C=O) groups is 1. The van der Waals surface area contributed by atoms with Crippen LogP contribution in [-0.2, 0) is 11.2 Å². The van der Waals surface area contributed by atoms with E-state index in [1.165, 1.54) is 0 Å². The third kappa shape index (κ3) is 7.68. The highest BCUT2D eigenvalue weighted by Crippen LogP contribution is 2.25. The average molecular weight is 371 g/mol. The van der Waals surface area contributed by atoms with Crippen LogP contribution in [0.4, 0.5) is 5.95 Å². The summed E-state index contributed by atoms with van der Waals surface area (Å²) < 4.78 is 0. The van der Waals surface area contributed by atoms with Crippen molar-refractivity contribution in [2.45, 2.75) is 64.7 Å². The molecule has 2 N–H and O–H groups in total. The molecule has 0 spiro atoms. The van der Waals surface area contributed by atoms with Crippen molar-refractivity contribution in [2.75, 3.05) is 11.9 Å². The number of hydrogen-bond acceptors (Lipinski definition) is 6. The van der Waals surface area contributed by atoms with Gasteiger partial charge in [0, 0.05) is 30.8 Å². The molecule has 2 rings (SSSR count). The van der Waals surface area contributed by atoms with Crippen LogP contribution in [0.5, 0.6) is 0 Å². The highest BCUT2D eigenvalue weighted by Gasteiger charge is 2.16. The second-order valence-electron chi connectivity index (χ2n) is 6.71. The van der Waals surface area contributed by atoms with E-state index in [9.17, 15) is 4.79 Å². The molecule has 2 aromatic rings. The van der Waals surface area contributed by atoms with Gasteiger partial charge in [-0.15, -0.1) is 0 Å². The number of unbranched alkanes of at least 4 members (excludes halogenated alkanes) is 3. The first-order chi connectivity index (χ1) is 13.1. The van der Waals surface area contributed by atoms with Crippen molar-refractivity contribution < 1.29 is 9.90 Å². The normalized spacial score (nSPS) is 11.9. The Morgan fingerprint density at radius 1 is 1.15 bits per heavy atom. The molecule has 146 valence electrons. The van der Waals surface area contributed by atoms with Crippen LogP contribution < -0.4 is 5.32 Å². The summed E-state index contributed by atoms with van der Waals surface area (Å²) in [6.07, 6.45) is 11.5. The summed E-state index contributed by atoms with van der Waals surface area (Å²) in [5.74, 6) is 0.593. The fraction of sp³-hybridized carbons (Fsp3) is 0.550. The molecule has 0 aliphatic rings. The van der Waals surface area contributed by atoms with E-state index in [1.807, 2.05) is 19.9 Å². The van der Waals surface area contributed by atoms with Gasteiger partial charge < -0.3 is 10.4 Å². The molecular formula is C20H29N5O2. The molecule has 0 bridgehead atoms. The topological polar surface area (TPSA) is 101 Å². The summed E-state index contributed by atoms with van der Waals surface area (Å²) in [5.41, 5.74) is 1.97. The number of carboxylic acids is 1. The number of rotatable bonds is 12. The zero-order chi connectivity index (χ0) is 19.5. The molecule has 0 aliphatic heterocycles. The summed E-state index contributed by atoms with van der Waals surface area (Å²) in [5, 5.41) is 12.3. The minimum Gasteiger partial charge on any atom is -0.481 e. The number of hydrogen-bond donors (Lipinski definition) is 2. The van der Waals surface area contributed by atoms with Crippen molar-refractivity contribution in [2.24, 2.45) is 0 Å². The van der Waals surface area contributed by atoms with E-state index in [-0.39, 0.29) is 12.3 Å². The van der Waals surface area contributed by atoms with Gasteiger partial charge in [0.25, 0.3) is 0 Å². The van der Waals surface area contributed by atoms with E-state index >= 15 is 0 Å². The Morgan fingerprint density at radius 3 is 2.59 bits per heavy atom. The van der Waals surface area contributed by atoms with E-state index in [2.05, 4.69) is 25.3 Å². The molecule has 0 aromatic carbocycles. The van der Waals surface area contributed by atoms with Crippen molar-refractivity contribution in [1.82, 2.24) is 19.9 Å². The van der Waals surface area contributed by atoms with Crippen molar-refractivity contribution in [3.63, 3.8) is 0 Å². The maximum absolute atomic E-state index is 11.2.